The van der Waals surface area contributed by atoms with E-state index < -0.39 is 23.5 Å². The number of nitrogens with zero attached hydrogens (tertiary/aromatic N) is 2. The predicted octanol–water partition coefficient (Wildman–Crippen LogP) is 1.32. The van der Waals surface area contributed by atoms with Gasteiger partial charge in [0.05, 0.1) is 37.9 Å². The fourth-order valence-corrected chi connectivity index (χ4v) is 4.42. The fraction of sp³-hybridized carbons (Fsp3) is 0.292. The summed E-state index contributed by atoms with van der Waals surface area (Å²) in [6.45, 7) is 4.21. The minimum absolute atomic E-state index is 0.0269. The minimum Gasteiger partial charge on any atom is -0.503 e. The van der Waals surface area contributed by atoms with Gasteiger partial charge in [0, 0.05) is 17.8 Å². The van der Waals surface area contributed by atoms with Gasteiger partial charge in [-0.15, -0.1) is 0 Å². The first-order valence-electron chi connectivity index (χ1n) is 10.7. The van der Waals surface area contributed by atoms with E-state index in [4.69, 9.17) is 9.15 Å². The molecule has 0 spiro atoms. The van der Waals surface area contributed by atoms with Crippen LogP contribution < -0.4 is 4.90 Å². The number of para-hydroxylation sites is 1. The molecular weight excluding hydrogens is 410 g/mol. The first kappa shape index (κ1) is 20.4. The molecule has 164 valence electrons. The van der Waals surface area contributed by atoms with Gasteiger partial charge in [0.25, 0.3) is 5.91 Å². The molecular formula is C24H24N3O5+. The Bertz CT molecular complexity index is 1150. The van der Waals surface area contributed by atoms with Crippen LogP contribution in [0.25, 0.3) is 11.0 Å². The lowest BCUT2D eigenvalue weighted by Crippen LogP contribution is -3.14. The highest BCUT2D eigenvalue weighted by atomic mass is 16.5. The van der Waals surface area contributed by atoms with Gasteiger partial charge in [-0.05, 0) is 23.8 Å². The van der Waals surface area contributed by atoms with Crippen LogP contribution in [-0.2, 0) is 9.53 Å². The van der Waals surface area contributed by atoms with Gasteiger partial charge in [-0.3, -0.25) is 14.6 Å². The van der Waals surface area contributed by atoms with E-state index in [0.717, 1.165) is 18.5 Å². The van der Waals surface area contributed by atoms with Crippen LogP contribution in [0, 0.1) is 0 Å². The summed E-state index contributed by atoms with van der Waals surface area (Å²) in [4.78, 5) is 33.6. The standard InChI is InChI=1S/C24H23N3O5/c28-22(19-14-16-4-1-2-6-18(16)32-19)20-21(17-5-3-7-25-15-17)27(24(30)23(20)29)9-8-26-10-12-31-13-11-26/h1-7,14-15,21,29H,8-13H2/p+1/t21-/m1/s1. The fourth-order valence-electron chi connectivity index (χ4n) is 4.42. The highest BCUT2D eigenvalue weighted by Gasteiger charge is 2.45. The smallest absolute Gasteiger partial charge is 0.290 e. The molecule has 4 heterocycles. The Morgan fingerprint density at radius 2 is 2.00 bits per heavy atom. The number of aliphatic hydroxyl groups is 1. The van der Waals surface area contributed by atoms with Gasteiger partial charge < -0.3 is 24.1 Å². The van der Waals surface area contributed by atoms with Gasteiger partial charge in [0.15, 0.2) is 11.5 Å². The van der Waals surface area contributed by atoms with Gasteiger partial charge in [0.2, 0.25) is 5.78 Å². The molecule has 0 radical (unpaired) electrons. The lowest BCUT2D eigenvalue weighted by molar-refractivity contribution is -0.907. The molecule has 2 N–H and O–H groups in total. The number of morpholine rings is 1. The molecule has 3 aromatic rings. The van der Waals surface area contributed by atoms with Crippen molar-refractivity contribution in [2.45, 2.75) is 6.04 Å². The van der Waals surface area contributed by atoms with Crippen molar-refractivity contribution < 1.29 is 28.7 Å². The maximum absolute atomic E-state index is 13.5. The number of nitrogens with one attached hydrogen (secondary N) is 1. The van der Waals surface area contributed by atoms with Crippen LogP contribution >= 0.6 is 0 Å². The number of furan rings is 1. The Labute approximate surface area is 184 Å². The number of carbonyl (C=O) groups is 2. The van der Waals surface area contributed by atoms with Crippen LogP contribution in [0.3, 0.4) is 0 Å². The summed E-state index contributed by atoms with van der Waals surface area (Å²) in [6.07, 6.45) is 3.25. The van der Waals surface area contributed by atoms with Crippen LogP contribution in [0.1, 0.15) is 22.2 Å². The molecule has 1 aromatic carbocycles. The van der Waals surface area contributed by atoms with Crippen LogP contribution in [0.5, 0.6) is 0 Å². The number of rotatable bonds is 6. The number of ketones is 1. The lowest BCUT2D eigenvalue weighted by atomic mass is 9.96. The zero-order chi connectivity index (χ0) is 22.1. The number of hydrogen-bond donors (Lipinski definition) is 2. The summed E-state index contributed by atoms with van der Waals surface area (Å²) in [7, 11) is 0. The molecule has 0 bridgehead atoms. The first-order valence-corrected chi connectivity index (χ1v) is 10.7. The summed E-state index contributed by atoms with van der Waals surface area (Å²) in [5.74, 6) is -1.48. The van der Waals surface area contributed by atoms with E-state index in [1.54, 1.807) is 35.5 Å². The Hall–Kier alpha value is -3.49. The molecule has 5 rings (SSSR count). The Balaban J connectivity index is 1.49. The Morgan fingerprint density at radius 3 is 2.75 bits per heavy atom. The van der Waals surface area contributed by atoms with Gasteiger partial charge in [-0.25, -0.2) is 0 Å². The monoisotopic (exact) mass is 434 g/mol. The van der Waals surface area contributed by atoms with E-state index in [0.29, 0.717) is 37.4 Å². The van der Waals surface area contributed by atoms with Crippen molar-refractivity contribution in [2.75, 3.05) is 39.4 Å². The summed E-state index contributed by atoms with van der Waals surface area (Å²) in [5.41, 5.74) is 1.27. The van der Waals surface area contributed by atoms with Gasteiger partial charge in [-0.1, -0.05) is 24.3 Å². The molecule has 1 fully saturated rings. The number of quaternary nitrogens is 1. The molecule has 2 aromatic heterocycles. The number of hydrogen-bond acceptors (Lipinski definition) is 6. The maximum atomic E-state index is 13.5. The van der Waals surface area contributed by atoms with E-state index in [2.05, 4.69) is 4.98 Å². The topological polar surface area (TPSA) is 97.3 Å². The van der Waals surface area contributed by atoms with Crippen LogP contribution in [-0.4, -0.2) is 66.1 Å². The molecule has 1 atom stereocenters. The normalized spacial score (nSPS) is 19.8. The van der Waals surface area contributed by atoms with E-state index in [1.165, 1.54) is 4.90 Å². The van der Waals surface area contributed by atoms with E-state index in [9.17, 15) is 14.7 Å². The molecule has 1 amide bonds. The second-order valence-electron chi connectivity index (χ2n) is 8.04. The molecule has 0 unspecified atom stereocenters. The minimum atomic E-state index is -0.725. The van der Waals surface area contributed by atoms with E-state index in [-0.39, 0.29) is 11.3 Å². The largest absolute Gasteiger partial charge is 0.503 e. The number of benzene rings is 1. The van der Waals surface area contributed by atoms with Crippen molar-refractivity contribution in [1.82, 2.24) is 9.88 Å². The molecule has 1 saturated heterocycles. The molecule has 8 nitrogen and oxygen atoms in total. The summed E-state index contributed by atoms with van der Waals surface area (Å²) < 4.78 is 11.2. The average Bonchev–Trinajstić information content (AvgIpc) is 3.38. The third kappa shape index (κ3) is 3.68. The van der Waals surface area contributed by atoms with Crippen LogP contribution in [0.15, 0.2) is 70.6 Å². The number of aliphatic hydroxyl groups excluding tert-OH is 1. The average molecular weight is 434 g/mol. The van der Waals surface area contributed by atoms with Crippen molar-refractivity contribution in [2.24, 2.45) is 0 Å². The number of ether oxygens (including phenoxy) is 1. The number of Topliss-reactive ketones (excluding diaryl/α,β-unsaturated/α-hetero) is 1. The molecule has 2 aliphatic heterocycles. The highest BCUT2D eigenvalue weighted by molar-refractivity contribution is 6.15. The molecule has 8 heteroatoms. The third-order valence-electron chi connectivity index (χ3n) is 6.10. The molecule has 0 saturated carbocycles. The van der Waals surface area contributed by atoms with Crippen molar-refractivity contribution in [3.63, 3.8) is 0 Å². The molecule has 0 aliphatic carbocycles. The zero-order valence-electron chi connectivity index (χ0n) is 17.5. The molecule has 2 aliphatic rings. The zero-order valence-corrected chi connectivity index (χ0v) is 17.5. The van der Waals surface area contributed by atoms with Gasteiger partial charge in [0.1, 0.15) is 18.7 Å². The number of fused-ring (bicyclic) bond motifs is 1. The molecule has 32 heavy (non-hydrogen) atoms. The predicted molar refractivity (Wildman–Crippen MR) is 115 cm³/mol. The third-order valence-corrected chi connectivity index (χ3v) is 6.10. The highest BCUT2D eigenvalue weighted by Crippen LogP contribution is 2.39. The van der Waals surface area contributed by atoms with Crippen LogP contribution in [0.2, 0.25) is 0 Å². The van der Waals surface area contributed by atoms with Crippen LogP contribution in [0.4, 0.5) is 0 Å². The van der Waals surface area contributed by atoms with E-state index >= 15 is 0 Å². The Kier molecular flexibility index (Phi) is 5.46. The Morgan fingerprint density at radius 1 is 1.19 bits per heavy atom. The number of carbonyl (C=O) groups excluding carboxylic acids is 2. The SMILES string of the molecule is O=C(C1=C(O)C(=O)N(CC[NH+]2CCOCC2)[C@@H]1c1cccnc1)c1cc2ccccc2o1. The summed E-state index contributed by atoms with van der Waals surface area (Å²) >= 11 is 0. The van der Waals surface area contributed by atoms with Gasteiger partial charge >= 0.3 is 0 Å². The lowest BCUT2D eigenvalue weighted by Gasteiger charge is -2.29. The summed E-state index contributed by atoms with van der Waals surface area (Å²) in [5, 5.41) is 11.6. The second kappa shape index (κ2) is 8.57. The van der Waals surface area contributed by atoms with Crippen molar-refractivity contribution in [3.8, 4) is 0 Å². The van der Waals surface area contributed by atoms with Crippen molar-refractivity contribution in [3.05, 3.63) is 77.5 Å². The van der Waals surface area contributed by atoms with Gasteiger partial charge in [-0.2, -0.15) is 0 Å². The maximum Gasteiger partial charge on any atom is 0.290 e. The van der Waals surface area contributed by atoms with Crippen molar-refractivity contribution in [1.29, 1.82) is 0 Å². The second-order valence-corrected chi connectivity index (χ2v) is 8.04. The first-order chi connectivity index (χ1) is 15.6. The number of aromatic nitrogens is 1. The van der Waals surface area contributed by atoms with E-state index in [1.807, 2.05) is 24.3 Å². The quantitative estimate of drug-likeness (QED) is 0.568. The van der Waals surface area contributed by atoms with Crippen molar-refractivity contribution >= 4 is 22.7 Å². The summed E-state index contributed by atoms with van der Waals surface area (Å²) in [6, 6.07) is 11.8. The number of amides is 1. The number of pyridine rings is 1.